The summed E-state index contributed by atoms with van der Waals surface area (Å²) in [6.07, 6.45) is 2.51. The first-order valence-electron chi connectivity index (χ1n) is 10.2. The lowest BCUT2D eigenvalue weighted by Gasteiger charge is -2.23. The second-order valence-corrected chi connectivity index (χ2v) is 8.22. The molecule has 5 heteroatoms. The van der Waals surface area contributed by atoms with Crippen LogP contribution in [0.2, 0.25) is 0 Å². The molecule has 0 amide bonds. The largest absolute Gasteiger partial charge is 0.490 e. The van der Waals surface area contributed by atoms with Gasteiger partial charge in [0.1, 0.15) is 6.61 Å². The normalized spacial score (nSPS) is 14.8. The van der Waals surface area contributed by atoms with E-state index in [0.717, 1.165) is 48.1 Å². The van der Waals surface area contributed by atoms with Gasteiger partial charge in [0.2, 0.25) is 0 Å². The monoisotopic (exact) mass is 446 g/mol. The number of aryl methyl sites for hydroxylation is 1. The summed E-state index contributed by atoms with van der Waals surface area (Å²) in [4.78, 5) is 0. The number of benzene rings is 2. The maximum absolute atomic E-state index is 6.11. The smallest absolute Gasteiger partial charge is 0.162 e. The number of hydrogen-bond acceptors (Lipinski definition) is 4. The van der Waals surface area contributed by atoms with Crippen LogP contribution in [0.4, 0.5) is 0 Å². The summed E-state index contributed by atoms with van der Waals surface area (Å²) in [6, 6.07) is 12.4. The summed E-state index contributed by atoms with van der Waals surface area (Å²) in [5.41, 5.74) is 3.62. The Bertz CT molecular complexity index is 760. The first-order chi connectivity index (χ1) is 13.7. The van der Waals surface area contributed by atoms with Gasteiger partial charge in [-0.15, -0.1) is 0 Å². The van der Waals surface area contributed by atoms with E-state index >= 15 is 0 Å². The van der Waals surface area contributed by atoms with E-state index in [1.165, 1.54) is 29.5 Å². The lowest BCUT2D eigenvalue weighted by molar-refractivity contribution is 0.268. The molecule has 1 aliphatic rings. The summed E-state index contributed by atoms with van der Waals surface area (Å²) < 4.78 is 13.0. The van der Waals surface area contributed by atoms with Crippen LogP contribution in [-0.2, 0) is 13.2 Å². The molecule has 152 valence electrons. The van der Waals surface area contributed by atoms with Crippen molar-refractivity contribution in [2.45, 2.75) is 39.8 Å². The molecule has 4 nitrogen and oxygen atoms in total. The fourth-order valence-electron chi connectivity index (χ4n) is 3.52. The molecule has 2 aromatic carbocycles. The van der Waals surface area contributed by atoms with Crippen LogP contribution in [0.5, 0.6) is 11.5 Å². The third kappa shape index (κ3) is 5.97. The van der Waals surface area contributed by atoms with Crippen molar-refractivity contribution in [3.63, 3.8) is 0 Å². The Hall–Kier alpha value is -1.56. The second-order valence-electron chi connectivity index (χ2n) is 7.36. The first-order valence-corrected chi connectivity index (χ1v) is 11.0. The van der Waals surface area contributed by atoms with Gasteiger partial charge in [0.15, 0.2) is 11.5 Å². The molecular weight excluding hydrogens is 416 g/mol. The van der Waals surface area contributed by atoms with E-state index in [2.05, 4.69) is 51.7 Å². The van der Waals surface area contributed by atoms with Gasteiger partial charge in [-0.05, 0) is 81.1 Å². The minimum Gasteiger partial charge on any atom is -0.490 e. The summed E-state index contributed by atoms with van der Waals surface area (Å²) in [5, 5.41) is 7.03. The minimum absolute atomic E-state index is 0.534. The van der Waals surface area contributed by atoms with E-state index in [1.54, 1.807) is 0 Å². The number of nitrogens with one attached hydrogen (secondary N) is 2. The summed E-state index contributed by atoms with van der Waals surface area (Å²) in [6.45, 7) is 9.41. The van der Waals surface area contributed by atoms with E-state index in [4.69, 9.17) is 9.47 Å². The molecule has 2 aromatic rings. The van der Waals surface area contributed by atoms with Crippen LogP contribution in [0.15, 0.2) is 40.9 Å². The van der Waals surface area contributed by atoms with Gasteiger partial charge in [0.05, 0.1) is 6.61 Å². The van der Waals surface area contributed by atoms with E-state index in [9.17, 15) is 0 Å². The number of hydrogen-bond donors (Lipinski definition) is 2. The van der Waals surface area contributed by atoms with Gasteiger partial charge < -0.3 is 20.1 Å². The van der Waals surface area contributed by atoms with E-state index in [-0.39, 0.29) is 0 Å². The Morgan fingerprint density at radius 2 is 1.82 bits per heavy atom. The molecule has 1 saturated heterocycles. The Balaban J connectivity index is 1.64. The highest BCUT2D eigenvalue weighted by molar-refractivity contribution is 9.10. The van der Waals surface area contributed by atoms with Crippen molar-refractivity contribution in [1.82, 2.24) is 10.6 Å². The molecule has 1 heterocycles. The van der Waals surface area contributed by atoms with Crippen molar-refractivity contribution < 1.29 is 9.47 Å². The third-order valence-corrected chi connectivity index (χ3v) is 6.00. The van der Waals surface area contributed by atoms with Gasteiger partial charge in [0.25, 0.3) is 0 Å². The third-order valence-electron chi connectivity index (χ3n) is 5.26. The molecule has 0 atom stereocenters. The molecule has 3 rings (SSSR count). The predicted molar refractivity (Wildman–Crippen MR) is 118 cm³/mol. The molecule has 0 unspecified atom stereocenters. The van der Waals surface area contributed by atoms with Crippen LogP contribution in [-0.4, -0.2) is 26.2 Å². The molecule has 0 bridgehead atoms. The van der Waals surface area contributed by atoms with Crippen LogP contribution >= 0.6 is 15.9 Å². The van der Waals surface area contributed by atoms with Crippen LogP contribution < -0.4 is 20.1 Å². The van der Waals surface area contributed by atoms with Gasteiger partial charge in [-0.3, -0.25) is 0 Å². The van der Waals surface area contributed by atoms with Gasteiger partial charge in [-0.25, -0.2) is 0 Å². The summed E-state index contributed by atoms with van der Waals surface area (Å²) >= 11 is 3.71. The van der Waals surface area contributed by atoms with Crippen LogP contribution in [0.25, 0.3) is 0 Å². The second kappa shape index (κ2) is 10.8. The highest BCUT2D eigenvalue weighted by Gasteiger charge is 2.14. The Kier molecular flexibility index (Phi) is 8.19. The highest BCUT2D eigenvalue weighted by atomic mass is 79.9. The van der Waals surface area contributed by atoms with Gasteiger partial charge in [0, 0.05) is 11.0 Å². The minimum atomic E-state index is 0.534. The zero-order valence-electron chi connectivity index (χ0n) is 16.9. The maximum Gasteiger partial charge on any atom is 0.162 e. The average Bonchev–Trinajstić information content (AvgIpc) is 2.71. The highest BCUT2D eigenvalue weighted by Crippen LogP contribution is 2.34. The molecule has 28 heavy (non-hydrogen) atoms. The van der Waals surface area contributed by atoms with Crippen molar-refractivity contribution in [2.75, 3.05) is 26.2 Å². The molecule has 1 fully saturated rings. The first kappa shape index (κ1) is 21.2. The summed E-state index contributed by atoms with van der Waals surface area (Å²) in [7, 11) is 0. The van der Waals surface area contributed by atoms with Crippen LogP contribution in [0, 0.1) is 12.8 Å². The predicted octanol–water partition coefficient (Wildman–Crippen LogP) is 4.82. The molecule has 0 saturated carbocycles. The van der Waals surface area contributed by atoms with Crippen molar-refractivity contribution in [2.24, 2.45) is 5.92 Å². The topological polar surface area (TPSA) is 42.5 Å². The average molecular weight is 447 g/mol. The molecule has 1 aliphatic heterocycles. The SMILES string of the molecule is CCOc1cc(CNCC2CCNCC2)c(Br)cc1OCc1ccccc1C. The van der Waals surface area contributed by atoms with Crippen molar-refractivity contribution in [1.29, 1.82) is 0 Å². The zero-order valence-corrected chi connectivity index (χ0v) is 18.5. The van der Waals surface area contributed by atoms with Gasteiger partial charge in [-0.1, -0.05) is 40.2 Å². The maximum atomic E-state index is 6.11. The number of rotatable bonds is 9. The van der Waals surface area contributed by atoms with Crippen molar-refractivity contribution in [3.05, 3.63) is 57.6 Å². The number of piperidine rings is 1. The molecule has 0 spiro atoms. The Morgan fingerprint density at radius 3 is 2.57 bits per heavy atom. The lowest BCUT2D eigenvalue weighted by Crippen LogP contribution is -2.33. The van der Waals surface area contributed by atoms with Crippen molar-refractivity contribution >= 4 is 15.9 Å². The Labute approximate surface area is 177 Å². The molecule has 0 aromatic heterocycles. The van der Waals surface area contributed by atoms with E-state index < -0.39 is 0 Å². The van der Waals surface area contributed by atoms with Crippen molar-refractivity contribution in [3.8, 4) is 11.5 Å². The van der Waals surface area contributed by atoms with E-state index in [1.807, 2.05) is 25.1 Å². The molecular formula is C23H31BrN2O2. The van der Waals surface area contributed by atoms with Crippen LogP contribution in [0.1, 0.15) is 36.5 Å². The fraction of sp³-hybridized carbons (Fsp3) is 0.478. The molecule has 0 aliphatic carbocycles. The number of halogens is 1. The van der Waals surface area contributed by atoms with Gasteiger partial charge >= 0.3 is 0 Å². The molecule has 2 N–H and O–H groups in total. The number of ether oxygens (including phenoxy) is 2. The summed E-state index contributed by atoms with van der Waals surface area (Å²) in [5.74, 6) is 2.35. The van der Waals surface area contributed by atoms with Crippen LogP contribution in [0.3, 0.4) is 0 Å². The fourth-order valence-corrected chi connectivity index (χ4v) is 3.98. The van der Waals surface area contributed by atoms with Gasteiger partial charge in [-0.2, -0.15) is 0 Å². The Morgan fingerprint density at radius 1 is 1.07 bits per heavy atom. The van der Waals surface area contributed by atoms with E-state index in [0.29, 0.717) is 13.2 Å². The molecule has 0 radical (unpaired) electrons. The zero-order chi connectivity index (χ0) is 19.8. The quantitative estimate of drug-likeness (QED) is 0.578. The lowest BCUT2D eigenvalue weighted by atomic mass is 9.98. The standard InChI is InChI=1S/C23H31BrN2O2/c1-3-27-22-12-20(15-26-14-18-8-10-25-11-9-18)21(24)13-23(22)28-16-19-7-5-4-6-17(19)2/h4-7,12-13,18,25-26H,3,8-11,14-16H2,1-2H3.